The molecule has 2 aromatic carbocycles. The van der Waals surface area contributed by atoms with Crippen LogP contribution < -0.4 is 5.32 Å². The normalized spacial score (nSPS) is 10.5. The SMILES string of the molecule is O=C(O)Cc1ccccc1NC(=O)Cc1coc(-c2ccc(Cl)cc2)n1. The number of nitrogens with zero attached hydrogens (tertiary/aromatic N) is 1. The molecule has 2 N–H and O–H groups in total. The lowest BCUT2D eigenvalue weighted by Gasteiger charge is -2.08. The molecule has 0 spiro atoms. The van der Waals surface area contributed by atoms with Gasteiger partial charge in [0, 0.05) is 16.3 Å². The third-order valence-corrected chi connectivity index (χ3v) is 3.87. The summed E-state index contributed by atoms with van der Waals surface area (Å²) in [5.41, 5.74) is 2.24. The summed E-state index contributed by atoms with van der Waals surface area (Å²) in [4.78, 5) is 27.5. The molecule has 1 heterocycles. The van der Waals surface area contributed by atoms with Crippen LogP contribution in [0.25, 0.3) is 11.5 Å². The Balaban J connectivity index is 1.68. The van der Waals surface area contributed by atoms with Gasteiger partial charge in [-0.2, -0.15) is 0 Å². The Hall–Kier alpha value is -3.12. The Morgan fingerprint density at radius 3 is 2.54 bits per heavy atom. The van der Waals surface area contributed by atoms with Crippen molar-refractivity contribution in [1.82, 2.24) is 4.98 Å². The van der Waals surface area contributed by atoms with Gasteiger partial charge in [0.05, 0.1) is 18.5 Å². The molecule has 6 nitrogen and oxygen atoms in total. The number of carbonyl (C=O) groups excluding carboxylic acids is 1. The summed E-state index contributed by atoms with van der Waals surface area (Å²) in [6.07, 6.45) is 1.27. The highest BCUT2D eigenvalue weighted by Gasteiger charge is 2.13. The number of benzene rings is 2. The Bertz CT molecular complexity index is 935. The van der Waals surface area contributed by atoms with E-state index in [2.05, 4.69) is 10.3 Å². The van der Waals surface area contributed by atoms with Crippen molar-refractivity contribution in [2.24, 2.45) is 0 Å². The molecule has 0 fully saturated rings. The summed E-state index contributed by atoms with van der Waals surface area (Å²) >= 11 is 5.85. The summed E-state index contributed by atoms with van der Waals surface area (Å²) in [5.74, 6) is -0.870. The van der Waals surface area contributed by atoms with Crippen LogP contribution in [0.15, 0.2) is 59.2 Å². The van der Waals surface area contributed by atoms with Crippen LogP contribution in [-0.2, 0) is 22.4 Å². The molecule has 0 aliphatic rings. The minimum absolute atomic E-state index is 0.0124. The number of para-hydroxylation sites is 1. The molecule has 0 atom stereocenters. The maximum absolute atomic E-state index is 12.3. The molecule has 3 rings (SSSR count). The van der Waals surface area contributed by atoms with E-state index < -0.39 is 5.97 Å². The van der Waals surface area contributed by atoms with Crippen LogP contribution in [0.4, 0.5) is 5.69 Å². The molecule has 26 heavy (non-hydrogen) atoms. The number of nitrogens with one attached hydrogen (secondary N) is 1. The van der Waals surface area contributed by atoms with E-state index in [0.717, 1.165) is 5.56 Å². The molecule has 0 saturated carbocycles. The molecule has 0 radical (unpaired) electrons. The van der Waals surface area contributed by atoms with Crippen LogP contribution in [-0.4, -0.2) is 22.0 Å². The fourth-order valence-electron chi connectivity index (χ4n) is 2.43. The Kier molecular flexibility index (Phi) is 5.34. The minimum Gasteiger partial charge on any atom is -0.481 e. The zero-order chi connectivity index (χ0) is 18.5. The lowest BCUT2D eigenvalue weighted by atomic mass is 10.1. The van der Waals surface area contributed by atoms with Crippen LogP contribution in [0.1, 0.15) is 11.3 Å². The van der Waals surface area contributed by atoms with Gasteiger partial charge in [-0.3, -0.25) is 9.59 Å². The number of carboxylic acids is 1. The molecule has 0 aliphatic carbocycles. The van der Waals surface area contributed by atoms with Crippen LogP contribution in [0.5, 0.6) is 0 Å². The summed E-state index contributed by atoms with van der Waals surface area (Å²) in [6, 6.07) is 13.8. The van der Waals surface area contributed by atoms with E-state index in [0.29, 0.717) is 27.9 Å². The fourth-order valence-corrected chi connectivity index (χ4v) is 2.56. The Labute approximate surface area is 154 Å². The second-order valence-electron chi connectivity index (χ2n) is 5.60. The molecular formula is C19H15ClN2O4. The number of carboxylic acid groups (broad SMARTS) is 1. The third kappa shape index (κ3) is 4.49. The van der Waals surface area contributed by atoms with Crippen molar-refractivity contribution in [2.45, 2.75) is 12.8 Å². The van der Waals surface area contributed by atoms with E-state index in [4.69, 9.17) is 21.1 Å². The number of hydrogen-bond donors (Lipinski definition) is 2. The number of hydrogen-bond acceptors (Lipinski definition) is 4. The van der Waals surface area contributed by atoms with Crippen molar-refractivity contribution in [3.8, 4) is 11.5 Å². The van der Waals surface area contributed by atoms with E-state index in [1.807, 2.05) is 0 Å². The van der Waals surface area contributed by atoms with Crippen LogP contribution in [0, 0.1) is 0 Å². The second kappa shape index (κ2) is 7.84. The number of aromatic nitrogens is 1. The highest BCUT2D eigenvalue weighted by Crippen LogP contribution is 2.21. The van der Waals surface area contributed by atoms with Gasteiger partial charge in [-0.25, -0.2) is 4.98 Å². The van der Waals surface area contributed by atoms with Crippen LogP contribution >= 0.6 is 11.6 Å². The van der Waals surface area contributed by atoms with Crippen LogP contribution in [0.3, 0.4) is 0 Å². The average Bonchev–Trinajstić information content (AvgIpc) is 3.05. The summed E-state index contributed by atoms with van der Waals surface area (Å²) < 4.78 is 5.41. The van der Waals surface area contributed by atoms with Crippen molar-refractivity contribution in [1.29, 1.82) is 0 Å². The van der Waals surface area contributed by atoms with E-state index >= 15 is 0 Å². The molecule has 1 amide bonds. The minimum atomic E-state index is -0.962. The number of aliphatic carboxylic acids is 1. The average molecular weight is 371 g/mol. The highest BCUT2D eigenvalue weighted by atomic mass is 35.5. The monoisotopic (exact) mass is 370 g/mol. The van der Waals surface area contributed by atoms with Gasteiger partial charge in [0.1, 0.15) is 6.26 Å². The topological polar surface area (TPSA) is 92.4 Å². The van der Waals surface area contributed by atoms with Gasteiger partial charge in [-0.15, -0.1) is 0 Å². The van der Waals surface area contributed by atoms with E-state index in [1.165, 1.54) is 6.26 Å². The van der Waals surface area contributed by atoms with Gasteiger partial charge < -0.3 is 14.8 Å². The Morgan fingerprint density at radius 2 is 1.81 bits per heavy atom. The van der Waals surface area contributed by atoms with Gasteiger partial charge in [-0.1, -0.05) is 29.8 Å². The second-order valence-corrected chi connectivity index (χ2v) is 6.04. The third-order valence-electron chi connectivity index (χ3n) is 3.62. The van der Waals surface area contributed by atoms with Crippen molar-refractivity contribution >= 4 is 29.2 Å². The molecule has 0 bridgehead atoms. The van der Waals surface area contributed by atoms with E-state index in [-0.39, 0.29) is 18.7 Å². The number of carbonyl (C=O) groups is 2. The first-order chi connectivity index (χ1) is 12.5. The summed E-state index contributed by atoms with van der Waals surface area (Å²) in [7, 11) is 0. The molecule has 0 unspecified atom stereocenters. The van der Waals surface area contributed by atoms with Crippen molar-refractivity contribution in [3.63, 3.8) is 0 Å². The molecule has 0 saturated heterocycles. The zero-order valence-corrected chi connectivity index (χ0v) is 14.4. The predicted molar refractivity (Wildman–Crippen MR) is 97.1 cm³/mol. The molecule has 7 heteroatoms. The number of halogens is 1. The highest BCUT2D eigenvalue weighted by molar-refractivity contribution is 6.30. The standard InChI is InChI=1S/C19H15ClN2O4/c20-14-7-5-12(6-8-14)19-21-15(11-26-19)10-17(23)22-16-4-2-1-3-13(16)9-18(24)25/h1-8,11H,9-10H2,(H,22,23)(H,24,25). The van der Waals surface area contributed by atoms with Gasteiger partial charge in [0.15, 0.2) is 0 Å². The molecular weight excluding hydrogens is 356 g/mol. The van der Waals surface area contributed by atoms with Crippen LogP contribution in [0.2, 0.25) is 5.02 Å². The maximum atomic E-state index is 12.3. The molecule has 1 aromatic heterocycles. The maximum Gasteiger partial charge on any atom is 0.307 e. The van der Waals surface area contributed by atoms with Crippen molar-refractivity contribution in [2.75, 3.05) is 5.32 Å². The predicted octanol–water partition coefficient (Wildman–Crippen LogP) is 3.80. The van der Waals surface area contributed by atoms with E-state index in [1.54, 1.807) is 48.5 Å². The van der Waals surface area contributed by atoms with Gasteiger partial charge in [0.25, 0.3) is 0 Å². The largest absolute Gasteiger partial charge is 0.481 e. The zero-order valence-electron chi connectivity index (χ0n) is 13.6. The first kappa shape index (κ1) is 17.7. The number of amides is 1. The number of rotatable bonds is 6. The number of oxazole rings is 1. The lowest BCUT2D eigenvalue weighted by Crippen LogP contribution is -2.16. The number of anilines is 1. The Morgan fingerprint density at radius 1 is 1.08 bits per heavy atom. The lowest BCUT2D eigenvalue weighted by molar-refractivity contribution is -0.136. The van der Waals surface area contributed by atoms with Crippen molar-refractivity contribution < 1.29 is 19.1 Å². The smallest absolute Gasteiger partial charge is 0.307 e. The van der Waals surface area contributed by atoms with Gasteiger partial charge in [-0.05, 0) is 35.9 Å². The fraction of sp³-hybridized carbons (Fsp3) is 0.105. The summed E-state index contributed by atoms with van der Waals surface area (Å²) in [5, 5.41) is 12.3. The van der Waals surface area contributed by atoms with Crippen molar-refractivity contribution in [3.05, 3.63) is 71.1 Å². The first-order valence-electron chi connectivity index (χ1n) is 7.81. The van der Waals surface area contributed by atoms with Gasteiger partial charge >= 0.3 is 5.97 Å². The molecule has 0 aliphatic heterocycles. The molecule has 3 aromatic rings. The summed E-state index contributed by atoms with van der Waals surface area (Å²) in [6.45, 7) is 0. The quantitative estimate of drug-likeness (QED) is 0.688. The van der Waals surface area contributed by atoms with E-state index in [9.17, 15) is 9.59 Å². The molecule has 132 valence electrons. The first-order valence-corrected chi connectivity index (χ1v) is 8.19. The van der Waals surface area contributed by atoms with Gasteiger partial charge in [0.2, 0.25) is 11.8 Å².